The van der Waals surface area contributed by atoms with E-state index in [2.05, 4.69) is 24.0 Å². The second-order valence-electron chi connectivity index (χ2n) is 6.53. The Morgan fingerprint density at radius 1 is 1.29 bits per heavy atom. The molecule has 1 saturated heterocycles. The first-order valence-corrected chi connectivity index (χ1v) is 9.23. The van der Waals surface area contributed by atoms with Gasteiger partial charge in [-0.2, -0.15) is 5.10 Å². The van der Waals surface area contributed by atoms with Crippen molar-refractivity contribution in [2.45, 2.75) is 32.4 Å². The second-order valence-corrected chi connectivity index (χ2v) is 8.71. The lowest BCUT2D eigenvalue weighted by molar-refractivity contribution is 0.0616. The summed E-state index contributed by atoms with van der Waals surface area (Å²) in [7, 11) is -3.11. The predicted molar refractivity (Wildman–Crippen MR) is 78.6 cm³/mol. The predicted octanol–water partition coefficient (Wildman–Crippen LogP) is 0.999. The molecule has 0 saturated carbocycles. The topological polar surface area (TPSA) is 83.1 Å². The Balaban J connectivity index is 1.88. The summed E-state index contributed by atoms with van der Waals surface area (Å²) in [5.74, 6) is 0.863. The molecule has 0 unspecified atom stereocenters. The quantitative estimate of drug-likeness (QED) is 0.838. The van der Waals surface area contributed by atoms with Crippen LogP contribution in [0.3, 0.4) is 0 Å². The molecular weight excluding hydrogens is 290 g/mol. The number of nitrogens with zero attached hydrogens (tertiary/aromatic N) is 2. The molecule has 0 aliphatic carbocycles. The van der Waals surface area contributed by atoms with Crippen molar-refractivity contribution in [3.8, 4) is 0 Å². The van der Waals surface area contributed by atoms with E-state index < -0.39 is 9.84 Å². The van der Waals surface area contributed by atoms with Crippen LogP contribution in [0.2, 0.25) is 0 Å². The van der Waals surface area contributed by atoms with E-state index in [-0.39, 0.29) is 17.4 Å². The van der Waals surface area contributed by atoms with E-state index in [0.717, 1.165) is 25.2 Å². The van der Waals surface area contributed by atoms with Gasteiger partial charge >= 0.3 is 0 Å². The molecule has 3 heterocycles. The molecule has 2 aliphatic heterocycles. The average Bonchev–Trinajstić information content (AvgIpc) is 2.78. The van der Waals surface area contributed by atoms with Gasteiger partial charge in [-0.25, -0.2) is 8.42 Å². The Hall–Kier alpha value is -1.37. The molecule has 3 rings (SSSR count). The largest absolute Gasteiger partial charge is 0.337 e. The van der Waals surface area contributed by atoms with Crippen LogP contribution in [0.15, 0.2) is 0 Å². The number of likely N-dealkylation sites (tertiary alicyclic amines) is 1. The Morgan fingerprint density at radius 2 is 1.95 bits per heavy atom. The van der Waals surface area contributed by atoms with Crippen LogP contribution in [0.1, 0.15) is 42.0 Å². The fourth-order valence-electron chi connectivity index (χ4n) is 3.47. The molecule has 1 fully saturated rings. The molecule has 6 nitrogen and oxygen atoms in total. The minimum absolute atomic E-state index is 0.0706. The monoisotopic (exact) mass is 311 g/mol. The van der Waals surface area contributed by atoms with Gasteiger partial charge in [-0.1, -0.05) is 13.8 Å². The summed E-state index contributed by atoms with van der Waals surface area (Å²) in [4.78, 5) is 14.5. The summed E-state index contributed by atoms with van der Waals surface area (Å²) < 4.78 is 23.6. The van der Waals surface area contributed by atoms with Gasteiger partial charge in [-0.05, 0) is 18.3 Å². The van der Waals surface area contributed by atoms with Crippen molar-refractivity contribution in [1.29, 1.82) is 0 Å². The van der Waals surface area contributed by atoms with Crippen LogP contribution in [0.4, 0.5) is 0 Å². The molecule has 0 spiro atoms. The van der Waals surface area contributed by atoms with Crippen molar-refractivity contribution in [2.24, 2.45) is 11.8 Å². The molecule has 0 aromatic carbocycles. The lowest BCUT2D eigenvalue weighted by atomic mass is 9.91. The van der Waals surface area contributed by atoms with E-state index in [1.54, 1.807) is 0 Å². The third-order valence-corrected chi connectivity index (χ3v) is 5.89. The van der Waals surface area contributed by atoms with E-state index in [9.17, 15) is 13.2 Å². The van der Waals surface area contributed by atoms with Crippen LogP contribution in [0, 0.1) is 11.8 Å². The van der Waals surface area contributed by atoms with E-state index in [4.69, 9.17) is 0 Å². The third kappa shape index (κ3) is 2.84. The first-order chi connectivity index (χ1) is 9.85. The summed E-state index contributed by atoms with van der Waals surface area (Å²) in [6.45, 7) is 5.72. The van der Waals surface area contributed by atoms with E-state index in [1.165, 1.54) is 0 Å². The Bertz CT molecular complexity index is 655. The van der Waals surface area contributed by atoms with Gasteiger partial charge in [0.15, 0.2) is 15.5 Å². The molecule has 0 radical (unpaired) electrons. The van der Waals surface area contributed by atoms with Gasteiger partial charge in [0.1, 0.15) is 0 Å². The molecule has 1 N–H and O–H groups in total. The highest BCUT2D eigenvalue weighted by Gasteiger charge is 2.33. The normalized spacial score (nSPS) is 28.2. The molecule has 1 amide bonds. The lowest BCUT2D eigenvalue weighted by Crippen LogP contribution is -2.43. The van der Waals surface area contributed by atoms with Crippen molar-refractivity contribution in [3.63, 3.8) is 0 Å². The van der Waals surface area contributed by atoms with Crippen molar-refractivity contribution < 1.29 is 13.2 Å². The van der Waals surface area contributed by atoms with E-state index in [1.807, 2.05) is 4.90 Å². The summed E-state index contributed by atoms with van der Waals surface area (Å²) >= 11 is 0. The minimum Gasteiger partial charge on any atom is -0.337 e. The number of carbonyl (C=O) groups excluding carboxylic acids is 1. The van der Waals surface area contributed by atoms with Crippen LogP contribution in [0.25, 0.3) is 0 Å². The highest BCUT2D eigenvalue weighted by atomic mass is 32.2. The summed E-state index contributed by atoms with van der Waals surface area (Å²) in [6.07, 6.45) is 1.54. The zero-order valence-electron chi connectivity index (χ0n) is 12.4. The molecular formula is C14H21N3O3S. The van der Waals surface area contributed by atoms with Crippen LogP contribution in [-0.2, 0) is 22.0 Å². The number of sulfone groups is 1. The number of H-pyrrole nitrogens is 1. The van der Waals surface area contributed by atoms with Crippen molar-refractivity contribution >= 4 is 15.7 Å². The van der Waals surface area contributed by atoms with Crippen molar-refractivity contribution in [1.82, 2.24) is 15.1 Å². The average molecular weight is 311 g/mol. The first-order valence-electron chi connectivity index (χ1n) is 7.41. The standard InChI is InChI=1S/C14H21N3O3S/c1-9-5-10(2)7-17(6-9)14(18)13-11-8-21(19,20)4-3-12(11)15-16-13/h9-10H,3-8H2,1-2H3,(H,15,16)/t9-,10+. The number of piperidine rings is 1. The summed E-state index contributed by atoms with van der Waals surface area (Å²) in [6, 6.07) is 0. The number of carbonyl (C=O) groups is 1. The molecule has 0 bridgehead atoms. The number of hydrogen-bond donors (Lipinski definition) is 1. The van der Waals surface area contributed by atoms with E-state index in [0.29, 0.717) is 29.5 Å². The second kappa shape index (κ2) is 5.12. The molecule has 1 aromatic heterocycles. The number of hydrogen-bond acceptors (Lipinski definition) is 4. The number of aromatic nitrogens is 2. The maximum Gasteiger partial charge on any atom is 0.274 e. The number of fused-ring (bicyclic) bond motifs is 1. The van der Waals surface area contributed by atoms with Crippen LogP contribution in [-0.4, -0.2) is 48.3 Å². The van der Waals surface area contributed by atoms with Gasteiger partial charge in [0.2, 0.25) is 0 Å². The van der Waals surface area contributed by atoms with Gasteiger partial charge in [0.25, 0.3) is 5.91 Å². The molecule has 2 atom stereocenters. The number of nitrogens with one attached hydrogen (secondary N) is 1. The fraction of sp³-hybridized carbons (Fsp3) is 0.714. The van der Waals surface area contributed by atoms with E-state index >= 15 is 0 Å². The molecule has 2 aliphatic rings. The number of aromatic amines is 1. The molecule has 21 heavy (non-hydrogen) atoms. The number of amides is 1. The smallest absolute Gasteiger partial charge is 0.274 e. The van der Waals surface area contributed by atoms with Crippen LogP contribution >= 0.6 is 0 Å². The van der Waals surface area contributed by atoms with Crippen molar-refractivity contribution in [3.05, 3.63) is 17.0 Å². The van der Waals surface area contributed by atoms with Gasteiger partial charge < -0.3 is 4.90 Å². The molecule has 1 aromatic rings. The summed E-state index contributed by atoms with van der Waals surface area (Å²) in [5, 5.41) is 6.95. The van der Waals surface area contributed by atoms with Gasteiger partial charge in [-0.3, -0.25) is 9.89 Å². The number of rotatable bonds is 1. The van der Waals surface area contributed by atoms with Crippen LogP contribution in [0.5, 0.6) is 0 Å². The maximum absolute atomic E-state index is 12.7. The Morgan fingerprint density at radius 3 is 2.62 bits per heavy atom. The Kier molecular flexibility index (Phi) is 3.55. The third-order valence-electron chi connectivity index (χ3n) is 4.34. The number of aryl methyl sites for hydroxylation is 1. The van der Waals surface area contributed by atoms with Gasteiger partial charge in [0.05, 0.1) is 11.5 Å². The zero-order valence-corrected chi connectivity index (χ0v) is 13.2. The fourth-order valence-corrected chi connectivity index (χ4v) is 4.88. The highest BCUT2D eigenvalue weighted by molar-refractivity contribution is 7.90. The van der Waals surface area contributed by atoms with Gasteiger partial charge in [-0.15, -0.1) is 0 Å². The molecule has 7 heteroatoms. The minimum atomic E-state index is -3.11. The Labute approximate surface area is 124 Å². The maximum atomic E-state index is 12.7. The van der Waals surface area contributed by atoms with Gasteiger partial charge in [0, 0.05) is 30.8 Å². The first kappa shape index (κ1) is 14.6. The lowest BCUT2D eigenvalue weighted by Gasteiger charge is -2.34. The van der Waals surface area contributed by atoms with Crippen LogP contribution < -0.4 is 0 Å². The highest BCUT2D eigenvalue weighted by Crippen LogP contribution is 2.26. The van der Waals surface area contributed by atoms with Crippen molar-refractivity contribution in [2.75, 3.05) is 18.8 Å². The SMILES string of the molecule is C[C@@H]1C[C@H](C)CN(C(=O)c2n[nH]c3c2CS(=O)(=O)CC3)C1. The molecule has 116 valence electrons. The zero-order chi connectivity index (χ0) is 15.2. The summed E-state index contributed by atoms with van der Waals surface area (Å²) in [5.41, 5.74) is 1.68.